The highest BCUT2D eigenvalue weighted by Gasteiger charge is 2.62. The van der Waals surface area contributed by atoms with Gasteiger partial charge in [-0.25, -0.2) is 0 Å². The normalized spacial score (nSPS) is 26.7. The Morgan fingerprint density at radius 2 is 1.75 bits per heavy atom. The highest BCUT2D eigenvalue weighted by atomic mass is 28.4. The second kappa shape index (κ2) is 9.41. The van der Waals surface area contributed by atoms with Crippen LogP contribution in [0.1, 0.15) is 68.7 Å². The summed E-state index contributed by atoms with van der Waals surface area (Å²) in [4.78, 5) is 11.3. The molecule has 0 spiro atoms. The van der Waals surface area contributed by atoms with Gasteiger partial charge in [-0.05, 0) is 0 Å². The first-order chi connectivity index (χ1) is 12.7. The molecule has 0 aromatic rings. The van der Waals surface area contributed by atoms with Crippen LogP contribution in [0.25, 0.3) is 0 Å². The number of rotatable bonds is 6. The Balaban J connectivity index is 3.01. The zero-order chi connectivity index (χ0) is 21.9. The topological polar surface area (TPSA) is 65.0 Å². The van der Waals surface area contributed by atoms with Crippen LogP contribution in [0.2, 0.25) is 10.1 Å². The Labute approximate surface area is 173 Å². The lowest BCUT2D eigenvalue weighted by molar-refractivity contribution is -0.139. The molecule has 0 bridgehead atoms. The zero-order valence-corrected chi connectivity index (χ0v) is 20.5. The van der Waals surface area contributed by atoms with E-state index in [1.165, 1.54) is 7.11 Å². The first kappa shape index (κ1) is 25.3. The van der Waals surface area contributed by atoms with E-state index in [9.17, 15) is 9.90 Å². The van der Waals surface area contributed by atoms with E-state index in [-0.39, 0.29) is 46.3 Å². The first-order valence-corrected chi connectivity index (χ1v) is 12.2. The molecule has 5 nitrogen and oxygen atoms in total. The lowest BCUT2D eigenvalue weighted by Crippen LogP contribution is -2.64. The van der Waals surface area contributed by atoms with E-state index < -0.39 is 14.7 Å². The monoisotopic (exact) mass is 414 g/mol. The molecule has 0 saturated carbocycles. The fraction of sp³-hybridized carbons (Fsp3) is 0.864. The van der Waals surface area contributed by atoms with Crippen LogP contribution in [0.3, 0.4) is 0 Å². The predicted octanol–water partition coefficient (Wildman–Crippen LogP) is 4.83. The van der Waals surface area contributed by atoms with Crippen molar-refractivity contribution in [2.45, 2.75) is 91.0 Å². The molecule has 0 aromatic carbocycles. The van der Waals surface area contributed by atoms with E-state index in [4.69, 9.17) is 8.85 Å². The van der Waals surface area contributed by atoms with E-state index in [0.717, 1.165) is 0 Å². The Kier molecular flexibility index (Phi) is 8.52. The summed E-state index contributed by atoms with van der Waals surface area (Å²) >= 11 is 0. The van der Waals surface area contributed by atoms with Gasteiger partial charge in [-0.15, -0.1) is 0 Å². The molecule has 1 fully saturated rings. The van der Waals surface area contributed by atoms with Crippen LogP contribution in [0, 0.1) is 17.8 Å². The van der Waals surface area contributed by atoms with E-state index in [1.54, 1.807) is 6.08 Å². The van der Waals surface area contributed by atoms with Crippen LogP contribution < -0.4 is 0 Å². The summed E-state index contributed by atoms with van der Waals surface area (Å²) in [6.45, 7) is 20.1. The van der Waals surface area contributed by atoms with Crippen molar-refractivity contribution in [3.63, 3.8) is 0 Å². The van der Waals surface area contributed by atoms with Gasteiger partial charge in [-0.3, -0.25) is 4.79 Å². The Hall–Kier alpha value is -0.693. The summed E-state index contributed by atoms with van der Waals surface area (Å²) in [7, 11) is -1.19. The smallest absolute Gasteiger partial charge is 0.349 e. The van der Waals surface area contributed by atoms with Crippen molar-refractivity contribution in [3.05, 3.63) is 12.2 Å². The molecule has 0 aliphatic carbocycles. The van der Waals surface area contributed by atoms with Crippen LogP contribution in [0.15, 0.2) is 12.2 Å². The number of methoxy groups -OCH3 is 1. The van der Waals surface area contributed by atoms with Gasteiger partial charge in [0.25, 0.3) is 0 Å². The van der Waals surface area contributed by atoms with Gasteiger partial charge in [0.15, 0.2) is 0 Å². The van der Waals surface area contributed by atoms with Crippen LogP contribution in [0.5, 0.6) is 0 Å². The molecule has 1 heterocycles. The highest BCUT2D eigenvalue weighted by molar-refractivity contribution is 6.73. The Morgan fingerprint density at radius 3 is 2.21 bits per heavy atom. The molecular formula is C22H42O5Si. The van der Waals surface area contributed by atoms with Crippen LogP contribution in [-0.2, 0) is 18.4 Å². The van der Waals surface area contributed by atoms with Gasteiger partial charge < -0.3 is 18.7 Å². The highest BCUT2D eigenvalue weighted by Crippen LogP contribution is 2.55. The SMILES string of the molecule is COC(=O)C/C=C/[C@H](C)[C@@H](O)[C@@H](C)[C@@H]1O[Si](C(C)(C)C)(C(C)(C)C)OC[C@@H]1C. The average molecular weight is 415 g/mol. The second-order valence-corrected chi connectivity index (χ2v) is 15.2. The molecule has 1 aliphatic heterocycles. The number of aliphatic hydroxyl groups excluding tert-OH is 1. The standard InChI is InChI=1S/C22H42O5Si/c1-15(12-11-13-18(23)25-10)19(24)17(3)20-16(2)14-26-28(27-20,21(4,5)6)22(7,8)9/h11-12,15-17,19-20,24H,13-14H2,1-10H3/b12-11+/t15-,16-,17+,19+,20+/m0/s1. The van der Waals surface area contributed by atoms with Gasteiger partial charge >= 0.3 is 14.5 Å². The minimum absolute atomic E-state index is 0.0479. The molecule has 5 atom stereocenters. The Bertz CT molecular complexity index is 532. The van der Waals surface area contributed by atoms with Crippen molar-refractivity contribution in [1.82, 2.24) is 0 Å². The third-order valence-electron chi connectivity index (χ3n) is 5.93. The van der Waals surface area contributed by atoms with Gasteiger partial charge in [0.1, 0.15) is 0 Å². The maximum Gasteiger partial charge on any atom is 0.349 e. The summed E-state index contributed by atoms with van der Waals surface area (Å²) < 4.78 is 18.0. The van der Waals surface area contributed by atoms with Crippen molar-refractivity contribution >= 4 is 14.5 Å². The second-order valence-electron chi connectivity index (χ2n) is 10.4. The first-order valence-electron chi connectivity index (χ1n) is 10.4. The summed E-state index contributed by atoms with van der Waals surface area (Å²) in [6, 6.07) is 0. The largest absolute Gasteiger partial charge is 0.469 e. The fourth-order valence-electron chi connectivity index (χ4n) is 4.47. The number of hydrogen-bond donors (Lipinski definition) is 1. The van der Waals surface area contributed by atoms with Crippen molar-refractivity contribution < 1.29 is 23.5 Å². The summed E-state index contributed by atoms with van der Waals surface area (Å²) in [5.74, 6) is -0.202. The molecule has 0 aromatic heterocycles. The number of ether oxygens (including phenoxy) is 1. The quantitative estimate of drug-likeness (QED) is 0.383. The van der Waals surface area contributed by atoms with Crippen molar-refractivity contribution in [2.24, 2.45) is 17.8 Å². The predicted molar refractivity (Wildman–Crippen MR) is 115 cm³/mol. The molecule has 6 heteroatoms. The van der Waals surface area contributed by atoms with E-state index >= 15 is 0 Å². The molecule has 0 amide bonds. The number of aliphatic hydroxyl groups is 1. The number of hydrogen-bond acceptors (Lipinski definition) is 5. The van der Waals surface area contributed by atoms with E-state index in [0.29, 0.717) is 6.61 Å². The molecule has 1 N–H and O–H groups in total. The minimum atomic E-state index is -2.57. The van der Waals surface area contributed by atoms with Crippen LogP contribution >= 0.6 is 0 Å². The lowest BCUT2D eigenvalue weighted by atomic mass is 9.84. The number of esters is 1. The summed E-state index contributed by atoms with van der Waals surface area (Å²) in [5.41, 5.74) is 0. The van der Waals surface area contributed by atoms with Crippen molar-refractivity contribution in [1.29, 1.82) is 0 Å². The third kappa shape index (κ3) is 5.46. The Morgan fingerprint density at radius 1 is 1.21 bits per heavy atom. The van der Waals surface area contributed by atoms with Crippen LogP contribution in [-0.4, -0.2) is 45.6 Å². The molecule has 164 valence electrons. The number of carbonyl (C=O) groups excluding carboxylic acids is 1. The fourth-order valence-corrected chi connectivity index (χ4v) is 9.69. The van der Waals surface area contributed by atoms with Crippen LogP contribution in [0.4, 0.5) is 0 Å². The molecule has 1 aliphatic rings. The minimum Gasteiger partial charge on any atom is -0.469 e. The molecule has 1 rings (SSSR count). The summed E-state index contributed by atoms with van der Waals surface area (Å²) in [6.07, 6.45) is 3.25. The number of carbonyl (C=O) groups is 1. The average Bonchev–Trinajstić information content (AvgIpc) is 2.58. The molecule has 1 saturated heterocycles. The van der Waals surface area contributed by atoms with Gasteiger partial charge in [0, 0.05) is 34.4 Å². The maximum absolute atomic E-state index is 11.3. The van der Waals surface area contributed by atoms with Gasteiger partial charge in [-0.2, -0.15) is 0 Å². The van der Waals surface area contributed by atoms with E-state index in [2.05, 4.69) is 60.1 Å². The molecule has 28 heavy (non-hydrogen) atoms. The molecule has 0 unspecified atom stereocenters. The molecule has 0 radical (unpaired) electrons. The maximum atomic E-state index is 11.3. The summed E-state index contributed by atoms with van der Waals surface area (Å²) in [5, 5.41) is 10.8. The van der Waals surface area contributed by atoms with Crippen molar-refractivity contribution in [3.8, 4) is 0 Å². The van der Waals surface area contributed by atoms with Gasteiger partial charge in [-0.1, -0.05) is 74.5 Å². The third-order valence-corrected chi connectivity index (χ3v) is 11.1. The van der Waals surface area contributed by atoms with E-state index in [1.807, 2.05) is 13.0 Å². The zero-order valence-electron chi connectivity index (χ0n) is 19.5. The lowest BCUT2D eigenvalue weighted by Gasteiger charge is -2.55. The molecular weight excluding hydrogens is 372 g/mol. The van der Waals surface area contributed by atoms with Gasteiger partial charge in [0.05, 0.1) is 25.7 Å². The van der Waals surface area contributed by atoms with Gasteiger partial charge in [0.2, 0.25) is 0 Å². The van der Waals surface area contributed by atoms with Crippen molar-refractivity contribution in [2.75, 3.05) is 13.7 Å².